The van der Waals surface area contributed by atoms with Crippen LogP contribution in [-0.4, -0.2) is 57.6 Å². The van der Waals surface area contributed by atoms with Gasteiger partial charge in [-0.3, -0.25) is 9.55 Å². The number of amides is 1. The summed E-state index contributed by atoms with van der Waals surface area (Å²) in [6.45, 7) is -0.0355. The lowest BCUT2D eigenvalue weighted by molar-refractivity contribution is -0.207. The third-order valence-corrected chi connectivity index (χ3v) is 5.90. The number of primary amides is 1. The van der Waals surface area contributed by atoms with E-state index in [1.54, 1.807) is 0 Å². The van der Waals surface area contributed by atoms with Crippen molar-refractivity contribution in [2.45, 2.75) is 38.4 Å². The van der Waals surface area contributed by atoms with Gasteiger partial charge >= 0.3 is 18.0 Å². The Bertz CT molecular complexity index is 1550. The van der Waals surface area contributed by atoms with Gasteiger partial charge in [0.15, 0.2) is 29.7 Å². The highest BCUT2D eigenvalue weighted by Gasteiger charge is 2.39. The van der Waals surface area contributed by atoms with Gasteiger partial charge in [0.1, 0.15) is 6.54 Å². The molecule has 0 fully saturated rings. The van der Waals surface area contributed by atoms with Gasteiger partial charge in [-0.15, -0.1) is 10.2 Å². The highest BCUT2D eigenvalue weighted by atomic mass is 35.5. The SMILES string of the molecule is CC(OC(N)=O)c1nc(Cn2nc(-c3ccc(Cl)cc3)n(CC(O)C(F)(F)F)c2=O)nn1-c1ccncc1Cl. The number of aliphatic hydroxyl groups excluding tert-OH is 1. The molecule has 2 unspecified atom stereocenters. The van der Waals surface area contributed by atoms with Crippen LogP contribution in [0.15, 0.2) is 47.5 Å². The first-order chi connectivity index (χ1) is 18.3. The number of hydrogen-bond donors (Lipinski definition) is 2. The van der Waals surface area contributed by atoms with E-state index >= 15 is 0 Å². The van der Waals surface area contributed by atoms with E-state index in [0.29, 0.717) is 15.3 Å². The summed E-state index contributed by atoms with van der Waals surface area (Å²) < 4.78 is 47.2. The maximum Gasteiger partial charge on any atom is 0.416 e. The van der Waals surface area contributed by atoms with Gasteiger partial charge in [0.05, 0.1) is 17.3 Å². The Labute approximate surface area is 227 Å². The number of rotatable bonds is 8. The molecule has 206 valence electrons. The fourth-order valence-electron chi connectivity index (χ4n) is 3.57. The van der Waals surface area contributed by atoms with Crippen LogP contribution in [0.1, 0.15) is 24.7 Å². The van der Waals surface area contributed by atoms with Crippen molar-refractivity contribution in [1.82, 2.24) is 34.1 Å². The van der Waals surface area contributed by atoms with Crippen LogP contribution in [0.25, 0.3) is 17.1 Å². The molecule has 2 atom stereocenters. The highest BCUT2D eigenvalue weighted by molar-refractivity contribution is 6.32. The molecule has 0 bridgehead atoms. The number of aliphatic hydroxyl groups is 1. The molecule has 3 N–H and O–H groups in total. The summed E-state index contributed by atoms with van der Waals surface area (Å²) in [5, 5.41) is 18.7. The number of pyridine rings is 1. The molecule has 0 radical (unpaired) electrons. The normalized spacial score (nSPS) is 13.3. The molecule has 1 amide bonds. The maximum absolute atomic E-state index is 13.2. The minimum absolute atomic E-state index is 0.0245. The number of aromatic nitrogens is 7. The van der Waals surface area contributed by atoms with E-state index in [1.165, 1.54) is 54.3 Å². The van der Waals surface area contributed by atoms with Crippen LogP contribution in [0.4, 0.5) is 18.0 Å². The maximum atomic E-state index is 13.2. The van der Waals surface area contributed by atoms with Crippen molar-refractivity contribution >= 4 is 29.3 Å². The highest BCUT2D eigenvalue weighted by Crippen LogP contribution is 2.26. The van der Waals surface area contributed by atoms with Gasteiger partial charge in [0, 0.05) is 23.0 Å². The summed E-state index contributed by atoms with van der Waals surface area (Å²) >= 11 is 12.2. The van der Waals surface area contributed by atoms with Crippen LogP contribution in [0.2, 0.25) is 10.0 Å². The largest absolute Gasteiger partial charge is 0.438 e. The second-order valence-corrected chi connectivity index (χ2v) is 8.99. The Balaban J connectivity index is 1.79. The molecule has 0 aliphatic carbocycles. The van der Waals surface area contributed by atoms with E-state index in [9.17, 15) is 27.9 Å². The van der Waals surface area contributed by atoms with Gasteiger partial charge < -0.3 is 15.6 Å². The number of nitrogens with two attached hydrogens (primary N) is 1. The van der Waals surface area contributed by atoms with Crippen molar-refractivity contribution in [2.24, 2.45) is 5.73 Å². The number of benzene rings is 1. The van der Waals surface area contributed by atoms with Crippen molar-refractivity contribution in [3.05, 3.63) is 74.9 Å². The van der Waals surface area contributed by atoms with Gasteiger partial charge in [0.2, 0.25) is 0 Å². The van der Waals surface area contributed by atoms with Gasteiger partial charge in [-0.05, 0) is 37.3 Å². The second kappa shape index (κ2) is 11.0. The van der Waals surface area contributed by atoms with Crippen molar-refractivity contribution in [2.75, 3.05) is 0 Å². The predicted molar refractivity (Wildman–Crippen MR) is 131 cm³/mol. The van der Waals surface area contributed by atoms with E-state index in [-0.39, 0.29) is 28.1 Å². The lowest BCUT2D eigenvalue weighted by Crippen LogP contribution is -2.37. The van der Waals surface area contributed by atoms with Crippen LogP contribution in [0.3, 0.4) is 0 Å². The lowest BCUT2D eigenvalue weighted by atomic mass is 10.2. The third-order valence-electron chi connectivity index (χ3n) is 5.36. The van der Waals surface area contributed by atoms with Gasteiger partial charge in [-0.25, -0.2) is 23.9 Å². The minimum atomic E-state index is -4.98. The fourth-order valence-corrected chi connectivity index (χ4v) is 3.90. The van der Waals surface area contributed by atoms with E-state index in [2.05, 4.69) is 20.2 Å². The number of nitrogens with zero attached hydrogens (tertiary/aromatic N) is 7. The Hall–Kier alpha value is -3.95. The van der Waals surface area contributed by atoms with Gasteiger partial charge in [-0.2, -0.15) is 13.2 Å². The summed E-state index contributed by atoms with van der Waals surface area (Å²) in [7, 11) is 0. The summed E-state index contributed by atoms with van der Waals surface area (Å²) in [6.07, 6.45) is -7.11. The van der Waals surface area contributed by atoms with Crippen LogP contribution < -0.4 is 11.4 Å². The number of halogens is 5. The second-order valence-electron chi connectivity index (χ2n) is 8.14. The summed E-state index contributed by atoms with van der Waals surface area (Å²) in [5.74, 6) is -0.0967. The predicted octanol–water partition coefficient (Wildman–Crippen LogP) is 3.12. The van der Waals surface area contributed by atoms with E-state index in [0.717, 1.165) is 4.68 Å². The zero-order chi connectivity index (χ0) is 28.5. The fraction of sp³-hybridized carbons (Fsp3) is 0.273. The van der Waals surface area contributed by atoms with E-state index in [1.807, 2.05) is 0 Å². The number of carbonyl (C=O) groups is 1. The average Bonchev–Trinajstić information content (AvgIpc) is 3.41. The molecule has 1 aromatic carbocycles. The first kappa shape index (κ1) is 28.1. The average molecular weight is 587 g/mol. The molecule has 3 heterocycles. The van der Waals surface area contributed by atoms with Crippen LogP contribution in [-0.2, 0) is 17.8 Å². The Kier molecular flexibility index (Phi) is 7.94. The number of carbonyl (C=O) groups excluding carboxylic acids is 1. The molecule has 4 aromatic rings. The van der Waals surface area contributed by atoms with Crippen molar-refractivity contribution < 1.29 is 27.8 Å². The Morgan fingerprint density at radius 3 is 2.49 bits per heavy atom. The molecule has 12 nitrogen and oxygen atoms in total. The third kappa shape index (κ3) is 6.21. The van der Waals surface area contributed by atoms with Crippen molar-refractivity contribution in [1.29, 1.82) is 0 Å². The molecular formula is C22H19Cl2F3N8O4. The Morgan fingerprint density at radius 1 is 1.18 bits per heavy atom. The number of hydrogen-bond acceptors (Lipinski definition) is 8. The molecule has 3 aromatic heterocycles. The smallest absolute Gasteiger partial charge is 0.416 e. The molecule has 0 aliphatic rings. The topological polar surface area (TPSA) is 156 Å². The molecule has 0 aliphatic heterocycles. The van der Waals surface area contributed by atoms with Crippen LogP contribution >= 0.6 is 23.2 Å². The monoisotopic (exact) mass is 586 g/mol. The van der Waals surface area contributed by atoms with Crippen LogP contribution in [0.5, 0.6) is 0 Å². The first-order valence-electron chi connectivity index (χ1n) is 11.0. The lowest BCUT2D eigenvalue weighted by Gasteiger charge is -2.15. The summed E-state index contributed by atoms with van der Waals surface area (Å²) in [6, 6.07) is 7.38. The zero-order valence-electron chi connectivity index (χ0n) is 19.9. The molecule has 17 heteroatoms. The van der Waals surface area contributed by atoms with Crippen molar-refractivity contribution in [3.8, 4) is 17.1 Å². The number of alkyl halides is 3. The molecule has 0 spiro atoms. The van der Waals surface area contributed by atoms with Gasteiger partial charge in [-0.1, -0.05) is 23.2 Å². The number of ether oxygens (including phenoxy) is 1. The van der Waals surface area contributed by atoms with E-state index < -0.39 is 43.3 Å². The minimum Gasteiger partial charge on any atom is -0.438 e. The molecular weight excluding hydrogens is 568 g/mol. The quantitative estimate of drug-likeness (QED) is 0.319. The molecule has 4 rings (SSSR count). The first-order valence-corrected chi connectivity index (χ1v) is 11.8. The standard InChI is InChI=1S/C22H19Cl2F3N8O4/c1-11(39-20(28)37)18-30-17(31-35(18)15-6-7-29-8-14(15)24)10-34-21(38)33(9-16(36)22(25,26)27)19(32-34)12-2-4-13(23)5-3-12/h2-8,11,16,36H,9-10H2,1H3,(H2,28,37). The van der Waals surface area contributed by atoms with E-state index in [4.69, 9.17) is 33.7 Å². The molecule has 0 saturated heterocycles. The molecule has 0 saturated carbocycles. The van der Waals surface area contributed by atoms with Crippen molar-refractivity contribution in [3.63, 3.8) is 0 Å². The summed E-state index contributed by atoms with van der Waals surface area (Å²) in [4.78, 5) is 32.7. The Morgan fingerprint density at radius 2 is 1.87 bits per heavy atom. The summed E-state index contributed by atoms with van der Waals surface area (Å²) in [5.41, 5.74) is 4.75. The molecule has 39 heavy (non-hydrogen) atoms. The van der Waals surface area contributed by atoms with Crippen LogP contribution in [0, 0.1) is 0 Å². The van der Waals surface area contributed by atoms with Gasteiger partial charge in [0.25, 0.3) is 0 Å². The zero-order valence-corrected chi connectivity index (χ0v) is 21.4.